The summed E-state index contributed by atoms with van der Waals surface area (Å²) in [6.07, 6.45) is -4.01. The van der Waals surface area contributed by atoms with Crippen LogP contribution in [0.2, 0.25) is 0 Å². The number of benzene rings is 2. The van der Waals surface area contributed by atoms with Crippen molar-refractivity contribution in [3.05, 3.63) is 65.2 Å². The normalized spacial score (nSPS) is 13.3. The first-order chi connectivity index (χ1) is 15.6. The minimum absolute atomic E-state index is 0.177. The topological polar surface area (TPSA) is 84.0 Å². The van der Waals surface area contributed by atoms with Gasteiger partial charge >= 0.3 is 6.18 Å². The lowest BCUT2D eigenvalue weighted by Gasteiger charge is -2.23. The number of hydrogen-bond acceptors (Lipinski definition) is 5. The van der Waals surface area contributed by atoms with Gasteiger partial charge in [0, 0.05) is 11.1 Å². The van der Waals surface area contributed by atoms with Crippen LogP contribution < -0.4 is 10.6 Å². The Hall–Kier alpha value is -3.27. The molecule has 2 aromatic carbocycles. The molecule has 0 unspecified atom stereocenters. The summed E-state index contributed by atoms with van der Waals surface area (Å²) in [6, 6.07) is 10.8. The van der Waals surface area contributed by atoms with Gasteiger partial charge in [-0.1, -0.05) is 67.5 Å². The van der Waals surface area contributed by atoms with Crippen LogP contribution in [0.5, 0.6) is 0 Å². The number of halogens is 3. The largest absolute Gasteiger partial charge is 0.416 e. The SMILES string of the molecule is CC[C@H](C)[C@H](NC(=O)c1cccc(C(F)(F)F)c1)C(=O)Nc1nnc(-c2ccc(C)cc2)s1. The lowest BCUT2D eigenvalue weighted by Crippen LogP contribution is -2.47. The van der Waals surface area contributed by atoms with E-state index in [0.29, 0.717) is 11.4 Å². The maximum Gasteiger partial charge on any atom is 0.416 e. The fourth-order valence-corrected chi connectivity index (χ4v) is 3.78. The van der Waals surface area contributed by atoms with Crippen molar-refractivity contribution in [1.82, 2.24) is 15.5 Å². The number of amides is 2. The Balaban J connectivity index is 1.74. The Labute approximate surface area is 193 Å². The molecule has 0 saturated carbocycles. The first kappa shape index (κ1) is 24.4. The number of hydrogen-bond donors (Lipinski definition) is 2. The number of nitrogens with zero attached hydrogens (tertiary/aromatic N) is 2. The van der Waals surface area contributed by atoms with Gasteiger partial charge in [0.05, 0.1) is 5.56 Å². The summed E-state index contributed by atoms with van der Waals surface area (Å²) in [5, 5.41) is 14.2. The molecule has 174 valence electrons. The molecular weight excluding hydrogens is 453 g/mol. The zero-order valence-electron chi connectivity index (χ0n) is 18.2. The molecule has 1 aromatic heterocycles. The monoisotopic (exact) mass is 476 g/mol. The number of anilines is 1. The van der Waals surface area contributed by atoms with E-state index >= 15 is 0 Å². The molecule has 10 heteroatoms. The molecule has 0 radical (unpaired) electrons. The van der Waals surface area contributed by atoms with Crippen LogP contribution in [0.25, 0.3) is 10.6 Å². The molecule has 0 aliphatic heterocycles. The third kappa shape index (κ3) is 6.16. The number of aryl methyl sites for hydroxylation is 1. The van der Waals surface area contributed by atoms with Crippen LogP contribution in [0.15, 0.2) is 48.5 Å². The molecule has 3 rings (SSSR count). The highest BCUT2D eigenvalue weighted by Crippen LogP contribution is 2.30. The summed E-state index contributed by atoms with van der Waals surface area (Å²) in [5.41, 5.74) is 0.848. The second kappa shape index (κ2) is 10.1. The number of aromatic nitrogens is 2. The fraction of sp³-hybridized carbons (Fsp3) is 0.304. The second-order valence-corrected chi connectivity index (χ2v) is 8.66. The number of alkyl halides is 3. The van der Waals surface area contributed by atoms with E-state index in [1.54, 1.807) is 6.92 Å². The Morgan fingerprint density at radius 2 is 1.79 bits per heavy atom. The van der Waals surface area contributed by atoms with Gasteiger partial charge in [-0.2, -0.15) is 13.2 Å². The maximum atomic E-state index is 13.0. The summed E-state index contributed by atoms with van der Waals surface area (Å²) in [6.45, 7) is 5.59. The van der Waals surface area contributed by atoms with Gasteiger partial charge < -0.3 is 5.32 Å². The highest BCUT2D eigenvalue weighted by atomic mass is 32.1. The van der Waals surface area contributed by atoms with Gasteiger partial charge in [0.15, 0.2) is 0 Å². The van der Waals surface area contributed by atoms with Crippen molar-refractivity contribution >= 4 is 28.3 Å². The van der Waals surface area contributed by atoms with Gasteiger partial charge in [-0.25, -0.2) is 0 Å². The Morgan fingerprint density at radius 1 is 1.09 bits per heavy atom. The van der Waals surface area contributed by atoms with Crippen LogP contribution in [-0.2, 0) is 11.0 Å². The minimum atomic E-state index is -4.57. The molecular formula is C23H23F3N4O2S. The van der Waals surface area contributed by atoms with E-state index in [1.165, 1.54) is 17.4 Å². The molecule has 0 bridgehead atoms. The smallest absolute Gasteiger partial charge is 0.340 e. The van der Waals surface area contributed by atoms with Gasteiger partial charge in [-0.15, -0.1) is 10.2 Å². The van der Waals surface area contributed by atoms with Gasteiger partial charge in [0.2, 0.25) is 11.0 Å². The molecule has 33 heavy (non-hydrogen) atoms. The van der Waals surface area contributed by atoms with Crippen LogP contribution in [0.4, 0.5) is 18.3 Å². The number of rotatable bonds is 7. The highest BCUT2D eigenvalue weighted by Gasteiger charge is 2.32. The van der Waals surface area contributed by atoms with Crippen molar-refractivity contribution in [2.75, 3.05) is 5.32 Å². The molecule has 2 N–H and O–H groups in total. The average molecular weight is 477 g/mol. The minimum Gasteiger partial charge on any atom is -0.340 e. The van der Waals surface area contributed by atoms with Crippen molar-refractivity contribution in [3.8, 4) is 10.6 Å². The molecule has 0 spiro atoms. The van der Waals surface area contributed by atoms with Crippen LogP contribution in [0.3, 0.4) is 0 Å². The first-order valence-electron chi connectivity index (χ1n) is 10.3. The third-order valence-electron chi connectivity index (χ3n) is 5.19. The number of carbonyl (C=O) groups excluding carboxylic acids is 2. The van der Waals surface area contributed by atoms with Crippen LogP contribution >= 0.6 is 11.3 Å². The zero-order valence-corrected chi connectivity index (χ0v) is 19.1. The summed E-state index contributed by atoms with van der Waals surface area (Å²) in [4.78, 5) is 25.6. The van der Waals surface area contributed by atoms with E-state index in [0.717, 1.165) is 29.3 Å². The number of carbonyl (C=O) groups is 2. The van der Waals surface area contributed by atoms with Gasteiger partial charge in [0.25, 0.3) is 5.91 Å². The zero-order chi connectivity index (χ0) is 24.2. The van der Waals surface area contributed by atoms with Gasteiger partial charge in [-0.3, -0.25) is 14.9 Å². The lowest BCUT2D eigenvalue weighted by molar-refractivity contribution is -0.137. The van der Waals surface area contributed by atoms with E-state index < -0.39 is 29.6 Å². The van der Waals surface area contributed by atoms with Crippen molar-refractivity contribution in [2.45, 2.75) is 39.4 Å². The van der Waals surface area contributed by atoms with E-state index in [-0.39, 0.29) is 16.6 Å². The van der Waals surface area contributed by atoms with E-state index in [4.69, 9.17) is 0 Å². The average Bonchev–Trinajstić information content (AvgIpc) is 3.25. The Bertz CT molecular complexity index is 1130. The fourth-order valence-electron chi connectivity index (χ4n) is 3.03. The molecule has 3 aromatic rings. The van der Waals surface area contributed by atoms with Crippen molar-refractivity contribution in [2.24, 2.45) is 5.92 Å². The lowest BCUT2D eigenvalue weighted by atomic mass is 9.97. The molecule has 0 saturated heterocycles. The maximum absolute atomic E-state index is 13.0. The summed E-state index contributed by atoms with van der Waals surface area (Å²) >= 11 is 1.18. The van der Waals surface area contributed by atoms with Crippen LogP contribution in [-0.4, -0.2) is 28.1 Å². The van der Waals surface area contributed by atoms with Gasteiger partial charge in [-0.05, 0) is 31.0 Å². The molecule has 0 aliphatic rings. The number of nitrogens with one attached hydrogen (secondary N) is 2. The van der Waals surface area contributed by atoms with E-state index in [2.05, 4.69) is 20.8 Å². The summed E-state index contributed by atoms with van der Waals surface area (Å²) in [5.74, 6) is -1.56. The predicted octanol–water partition coefficient (Wildman–Crippen LogP) is 5.32. The summed E-state index contributed by atoms with van der Waals surface area (Å²) < 4.78 is 39.0. The van der Waals surface area contributed by atoms with Crippen LogP contribution in [0, 0.1) is 12.8 Å². The molecule has 6 nitrogen and oxygen atoms in total. The Morgan fingerprint density at radius 3 is 2.42 bits per heavy atom. The molecule has 1 heterocycles. The quantitative estimate of drug-likeness (QED) is 0.484. The third-order valence-corrected chi connectivity index (χ3v) is 6.08. The molecule has 0 aliphatic carbocycles. The Kier molecular flexibility index (Phi) is 7.47. The second-order valence-electron chi connectivity index (χ2n) is 7.68. The van der Waals surface area contributed by atoms with Crippen molar-refractivity contribution in [1.29, 1.82) is 0 Å². The highest BCUT2D eigenvalue weighted by molar-refractivity contribution is 7.18. The predicted molar refractivity (Wildman–Crippen MR) is 121 cm³/mol. The first-order valence-corrected chi connectivity index (χ1v) is 11.1. The van der Waals surface area contributed by atoms with Crippen molar-refractivity contribution in [3.63, 3.8) is 0 Å². The standard InChI is InChI=1S/C23H23F3N4O2S/c1-4-14(3)18(27-19(31)16-6-5-7-17(12-16)23(24,25)26)20(32)28-22-30-29-21(33-22)15-10-8-13(2)9-11-15/h5-12,14,18H,4H2,1-3H3,(H,27,31)(H,28,30,32)/t14-,18-/m0/s1. The van der Waals surface area contributed by atoms with E-state index in [9.17, 15) is 22.8 Å². The molecule has 2 amide bonds. The van der Waals surface area contributed by atoms with Gasteiger partial charge in [0.1, 0.15) is 11.0 Å². The van der Waals surface area contributed by atoms with Crippen molar-refractivity contribution < 1.29 is 22.8 Å². The summed E-state index contributed by atoms with van der Waals surface area (Å²) in [7, 11) is 0. The van der Waals surface area contributed by atoms with Crippen LogP contribution in [0.1, 0.15) is 41.8 Å². The molecule has 2 atom stereocenters. The van der Waals surface area contributed by atoms with E-state index in [1.807, 2.05) is 38.1 Å². The molecule has 0 fully saturated rings.